The van der Waals surface area contributed by atoms with E-state index in [0.717, 1.165) is 10.0 Å². The third kappa shape index (κ3) is 4.71. The first-order valence-electron chi connectivity index (χ1n) is 8.32. The van der Waals surface area contributed by atoms with E-state index < -0.39 is 21.7 Å². The van der Waals surface area contributed by atoms with Crippen LogP contribution in [0.25, 0.3) is 0 Å². The van der Waals surface area contributed by atoms with E-state index in [1.165, 1.54) is 11.0 Å². The van der Waals surface area contributed by atoms with Gasteiger partial charge in [-0.25, -0.2) is 12.8 Å². The summed E-state index contributed by atoms with van der Waals surface area (Å²) in [5, 5.41) is 0. The summed E-state index contributed by atoms with van der Waals surface area (Å²) in [5.41, 5.74) is 1.21. The van der Waals surface area contributed by atoms with Crippen LogP contribution in [-0.2, 0) is 27.6 Å². The van der Waals surface area contributed by atoms with Crippen LogP contribution < -0.4 is 0 Å². The van der Waals surface area contributed by atoms with Crippen molar-refractivity contribution in [1.29, 1.82) is 0 Å². The maximum Gasteiger partial charge on any atom is 0.227 e. The Kier molecular flexibility index (Phi) is 5.77. The smallest absolute Gasteiger partial charge is 0.227 e. The van der Waals surface area contributed by atoms with Gasteiger partial charge in [0.1, 0.15) is 5.82 Å². The molecule has 1 amide bonds. The van der Waals surface area contributed by atoms with E-state index in [4.69, 9.17) is 0 Å². The van der Waals surface area contributed by atoms with Crippen LogP contribution in [0.5, 0.6) is 0 Å². The van der Waals surface area contributed by atoms with Gasteiger partial charge in [0.15, 0.2) is 9.84 Å². The van der Waals surface area contributed by atoms with E-state index >= 15 is 0 Å². The molecule has 0 unspecified atom stereocenters. The van der Waals surface area contributed by atoms with Crippen molar-refractivity contribution < 1.29 is 17.6 Å². The van der Waals surface area contributed by atoms with Gasteiger partial charge in [0.25, 0.3) is 0 Å². The van der Waals surface area contributed by atoms with Crippen LogP contribution >= 0.6 is 15.9 Å². The molecule has 138 valence electrons. The van der Waals surface area contributed by atoms with Gasteiger partial charge < -0.3 is 4.90 Å². The van der Waals surface area contributed by atoms with Gasteiger partial charge in [-0.15, -0.1) is 0 Å². The van der Waals surface area contributed by atoms with Gasteiger partial charge in [-0.2, -0.15) is 0 Å². The molecule has 0 radical (unpaired) electrons. The number of nitrogens with zero attached hydrogens (tertiary/aromatic N) is 1. The molecule has 1 aliphatic heterocycles. The van der Waals surface area contributed by atoms with Crippen LogP contribution in [0.4, 0.5) is 4.39 Å². The Morgan fingerprint density at radius 1 is 1.19 bits per heavy atom. The van der Waals surface area contributed by atoms with Gasteiger partial charge in [0.2, 0.25) is 5.91 Å². The molecule has 3 rings (SSSR count). The van der Waals surface area contributed by atoms with E-state index in [9.17, 15) is 17.6 Å². The Morgan fingerprint density at radius 2 is 1.96 bits per heavy atom. The lowest BCUT2D eigenvalue weighted by molar-refractivity contribution is -0.133. The van der Waals surface area contributed by atoms with Crippen molar-refractivity contribution in [2.45, 2.75) is 25.4 Å². The maximum atomic E-state index is 14.1. The Hall–Kier alpha value is -1.73. The highest BCUT2D eigenvalue weighted by Crippen LogP contribution is 2.23. The number of rotatable bonds is 5. The first-order chi connectivity index (χ1) is 12.3. The number of halogens is 2. The van der Waals surface area contributed by atoms with Crippen molar-refractivity contribution in [3.05, 3.63) is 69.9 Å². The number of amides is 1. The second-order valence-corrected chi connectivity index (χ2v) is 9.62. The largest absolute Gasteiger partial charge is 0.334 e. The van der Waals surface area contributed by atoms with Gasteiger partial charge in [-0.05, 0) is 30.2 Å². The number of benzene rings is 2. The summed E-state index contributed by atoms with van der Waals surface area (Å²) in [4.78, 5) is 14.4. The van der Waals surface area contributed by atoms with Crippen LogP contribution in [0, 0.1) is 5.82 Å². The molecule has 1 heterocycles. The Labute approximate surface area is 161 Å². The van der Waals surface area contributed by atoms with Crippen molar-refractivity contribution >= 4 is 31.7 Å². The fourth-order valence-electron chi connectivity index (χ4n) is 3.18. The van der Waals surface area contributed by atoms with Crippen LogP contribution in [-0.4, -0.2) is 36.8 Å². The van der Waals surface area contributed by atoms with Crippen LogP contribution in [0.2, 0.25) is 0 Å². The Morgan fingerprint density at radius 3 is 2.62 bits per heavy atom. The second kappa shape index (κ2) is 7.88. The number of sulfone groups is 1. The molecule has 26 heavy (non-hydrogen) atoms. The lowest BCUT2D eigenvalue weighted by atomic mass is 10.1. The molecule has 7 heteroatoms. The van der Waals surface area contributed by atoms with Crippen LogP contribution in [0.15, 0.2) is 53.0 Å². The van der Waals surface area contributed by atoms with Crippen LogP contribution in [0.1, 0.15) is 17.5 Å². The molecule has 1 saturated heterocycles. The molecule has 0 N–H and O–H groups in total. The van der Waals surface area contributed by atoms with Crippen molar-refractivity contribution in [3.63, 3.8) is 0 Å². The third-order valence-electron chi connectivity index (χ3n) is 4.51. The normalized spacial score (nSPS) is 18.6. The molecule has 0 bridgehead atoms. The van der Waals surface area contributed by atoms with E-state index in [-0.39, 0.29) is 30.4 Å². The molecule has 0 aliphatic carbocycles. The molecule has 1 fully saturated rings. The molecule has 0 saturated carbocycles. The van der Waals surface area contributed by atoms with E-state index in [1.807, 2.05) is 24.3 Å². The average molecular weight is 440 g/mol. The average Bonchev–Trinajstić information content (AvgIpc) is 2.93. The molecular formula is C19H19BrFNO3S. The predicted octanol–water partition coefficient (Wildman–Crippen LogP) is 3.35. The molecule has 1 atom stereocenters. The Balaban J connectivity index is 1.84. The molecule has 4 nitrogen and oxygen atoms in total. The zero-order chi connectivity index (χ0) is 18.7. The first kappa shape index (κ1) is 19.0. The SMILES string of the molecule is O=C(Cc1cccc(Br)c1)N(Cc1ccccc1F)[C@@H]1CCS(=O)(=O)C1. The highest BCUT2D eigenvalue weighted by molar-refractivity contribution is 9.10. The quantitative estimate of drug-likeness (QED) is 0.717. The van der Waals surface area contributed by atoms with Crippen molar-refractivity contribution in [3.8, 4) is 0 Å². The summed E-state index contributed by atoms with van der Waals surface area (Å²) in [5.74, 6) is -0.594. The van der Waals surface area contributed by atoms with Crippen molar-refractivity contribution in [1.82, 2.24) is 4.90 Å². The first-order valence-corrected chi connectivity index (χ1v) is 10.9. The standard InChI is InChI=1S/C19H19BrFNO3S/c20-16-6-3-4-14(10-16)11-19(23)22(17-8-9-26(24,25)13-17)12-15-5-1-2-7-18(15)21/h1-7,10,17H,8-9,11-13H2/t17-/m1/s1. The van der Waals surface area contributed by atoms with Crippen molar-refractivity contribution in [2.75, 3.05) is 11.5 Å². The topological polar surface area (TPSA) is 54.5 Å². The third-order valence-corrected chi connectivity index (χ3v) is 6.76. The maximum absolute atomic E-state index is 14.1. The minimum absolute atomic E-state index is 0.0638. The van der Waals surface area contributed by atoms with Gasteiger partial charge in [-0.1, -0.05) is 46.3 Å². The highest BCUT2D eigenvalue weighted by atomic mass is 79.9. The minimum atomic E-state index is -3.15. The number of carbonyl (C=O) groups excluding carboxylic acids is 1. The summed E-state index contributed by atoms with van der Waals surface area (Å²) < 4.78 is 38.7. The Bertz CT molecular complexity index is 917. The molecular weight excluding hydrogens is 421 g/mol. The van der Waals surface area contributed by atoms with Crippen molar-refractivity contribution in [2.24, 2.45) is 0 Å². The monoisotopic (exact) mass is 439 g/mol. The lowest BCUT2D eigenvalue weighted by Crippen LogP contribution is -2.41. The summed E-state index contributed by atoms with van der Waals surface area (Å²) in [6, 6.07) is 13.3. The number of hydrogen-bond acceptors (Lipinski definition) is 3. The van der Waals surface area contributed by atoms with Crippen LogP contribution in [0.3, 0.4) is 0 Å². The lowest BCUT2D eigenvalue weighted by Gasteiger charge is -2.29. The molecule has 0 aromatic heterocycles. The zero-order valence-corrected chi connectivity index (χ0v) is 16.5. The summed E-state index contributed by atoms with van der Waals surface area (Å²) in [6.07, 6.45) is 0.533. The summed E-state index contributed by atoms with van der Waals surface area (Å²) in [6.45, 7) is 0.0691. The highest BCUT2D eigenvalue weighted by Gasteiger charge is 2.34. The molecule has 1 aliphatic rings. The molecule has 2 aromatic carbocycles. The second-order valence-electron chi connectivity index (χ2n) is 6.48. The van der Waals surface area contributed by atoms with Gasteiger partial charge in [0, 0.05) is 22.6 Å². The summed E-state index contributed by atoms with van der Waals surface area (Å²) in [7, 11) is -3.15. The van der Waals surface area contributed by atoms with E-state index in [0.29, 0.717) is 12.0 Å². The van der Waals surface area contributed by atoms with E-state index in [1.54, 1.807) is 18.2 Å². The number of hydrogen-bond donors (Lipinski definition) is 0. The van der Waals surface area contributed by atoms with Gasteiger partial charge in [0.05, 0.1) is 17.9 Å². The summed E-state index contributed by atoms with van der Waals surface area (Å²) >= 11 is 3.38. The molecule has 0 spiro atoms. The fourth-order valence-corrected chi connectivity index (χ4v) is 5.35. The minimum Gasteiger partial charge on any atom is -0.334 e. The van der Waals surface area contributed by atoms with Gasteiger partial charge >= 0.3 is 0 Å². The van der Waals surface area contributed by atoms with E-state index in [2.05, 4.69) is 15.9 Å². The number of carbonyl (C=O) groups is 1. The molecule has 2 aromatic rings. The fraction of sp³-hybridized carbons (Fsp3) is 0.316. The predicted molar refractivity (Wildman–Crippen MR) is 102 cm³/mol. The van der Waals surface area contributed by atoms with Gasteiger partial charge in [-0.3, -0.25) is 4.79 Å². The zero-order valence-electron chi connectivity index (χ0n) is 14.1.